The monoisotopic (exact) mass is 459 g/mol. The fourth-order valence-corrected chi connectivity index (χ4v) is 5.44. The molecule has 2 heterocycles. The van der Waals surface area contributed by atoms with E-state index >= 15 is 0 Å². The maximum Gasteiger partial charge on any atom is 0.244 e. The highest BCUT2D eigenvalue weighted by atomic mass is 35.5. The first-order valence-corrected chi connectivity index (χ1v) is 11.7. The fraction of sp³-hybridized carbons (Fsp3) is 0.273. The molecule has 1 fully saturated rings. The van der Waals surface area contributed by atoms with Crippen LogP contribution in [0.15, 0.2) is 63.9 Å². The van der Waals surface area contributed by atoms with Gasteiger partial charge in [-0.3, -0.25) is 4.79 Å². The molecule has 31 heavy (non-hydrogen) atoms. The van der Waals surface area contributed by atoms with Crippen LogP contribution in [0.4, 0.5) is 0 Å². The molecule has 3 aromatic rings. The lowest BCUT2D eigenvalue weighted by Gasteiger charge is -2.34. The van der Waals surface area contributed by atoms with E-state index in [4.69, 9.17) is 16.0 Å². The minimum absolute atomic E-state index is 0.0862. The smallest absolute Gasteiger partial charge is 0.244 e. The van der Waals surface area contributed by atoms with Crippen molar-refractivity contribution in [3.8, 4) is 11.5 Å². The maximum absolute atomic E-state index is 12.9. The van der Waals surface area contributed by atoms with Gasteiger partial charge in [-0.05, 0) is 31.2 Å². The topological polar surface area (TPSA) is 83.7 Å². The van der Waals surface area contributed by atoms with Gasteiger partial charge in [-0.25, -0.2) is 13.4 Å². The number of carbonyl (C=O) groups is 1. The number of benzene rings is 2. The molecule has 0 bridgehead atoms. The van der Waals surface area contributed by atoms with Gasteiger partial charge in [0.1, 0.15) is 10.7 Å². The highest BCUT2D eigenvalue weighted by Crippen LogP contribution is 2.26. The Balaban J connectivity index is 1.40. The predicted octanol–water partition coefficient (Wildman–Crippen LogP) is 3.38. The van der Waals surface area contributed by atoms with Crippen molar-refractivity contribution in [3.05, 3.63) is 71.1 Å². The minimum Gasteiger partial charge on any atom is -0.441 e. The summed E-state index contributed by atoms with van der Waals surface area (Å²) in [6.07, 6.45) is 0.111. The van der Waals surface area contributed by atoms with Gasteiger partial charge in [0.25, 0.3) is 0 Å². The number of piperazine rings is 1. The molecule has 1 aromatic heterocycles. The number of aromatic nitrogens is 1. The molecule has 0 radical (unpaired) electrons. The molecule has 9 heteroatoms. The van der Waals surface area contributed by atoms with Crippen molar-refractivity contribution in [2.45, 2.75) is 18.2 Å². The summed E-state index contributed by atoms with van der Waals surface area (Å²) in [4.78, 5) is 19.0. The van der Waals surface area contributed by atoms with Gasteiger partial charge in [0.15, 0.2) is 0 Å². The van der Waals surface area contributed by atoms with Crippen LogP contribution in [-0.2, 0) is 21.2 Å². The van der Waals surface area contributed by atoms with E-state index in [9.17, 15) is 13.2 Å². The largest absolute Gasteiger partial charge is 0.441 e. The van der Waals surface area contributed by atoms with E-state index in [0.717, 1.165) is 5.56 Å². The van der Waals surface area contributed by atoms with Gasteiger partial charge < -0.3 is 9.32 Å². The second-order valence-electron chi connectivity index (χ2n) is 7.28. The molecule has 1 saturated heterocycles. The molecule has 0 unspecified atom stereocenters. The number of sulfonamides is 1. The molecular weight excluding hydrogens is 438 g/mol. The van der Waals surface area contributed by atoms with E-state index in [1.165, 1.54) is 10.4 Å². The second-order valence-corrected chi connectivity index (χ2v) is 9.59. The Labute approximate surface area is 186 Å². The van der Waals surface area contributed by atoms with E-state index in [2.05, 4.69) is 4.98 Å². The quantitative estimate of drug-likeness (QED) is 0.584. The standard InChI is InChI=1S/C22H22ClN3O4S/c1-16-19(24-22(30-16)17-7-3-2-4-8-17)15-21(27)25-11-13-26(14-12-25)31(28,29)20-10-6-5-9-18(20)23/h2-10H,11-15H2,1H3. The average molecular weight is 460 g/mol. The van der Waals surface area contributed by atoms with Crippen LogP contribution in [0.1, 0.15) is 11.5 Å². The van der Waals surface area contributed by atoms with E-state index in [1.54, 1.807) is 30.0 Å². The second kappa shape index (κ2) is 8.82. The van der Waals surface area contributed by atoms with Gasteiger partial charge in [-0.2, -0.15) is 4.31 Å². The lowest BCUT2D eigenvalue weighted by molar-refractivity contribution is -0.131. The predicted molar refractivity (Wildman–Crippen MR) is 117 cm³/mol. The van der Waals surface area contributed by atoms with Gasteiger partial charge >= 0.3 is 0 Å². The lowest BCUT2D eigenvalue weighted by Crippen LogP contribution is -2.50. The summed E-state index contributed by atoms with van der Waals surface area (Å²) in [5.41, 5.74) is 1.44. The molecular formula is C22H22ClN3O4S. The number of halogens is 1. The molecule has 0 spiro atoms. The van der Waals surface area contributed by atoms with Crippen LogP contribution in [-0.4, -0.2) is 54.7 Å². The van der Waals surface area contributed by atoms with E-state index < -0.39 is 10.0 Å². The number of amides is 1. The summed E-state index contributed by atoms with van der Waals surface area (Å²) in [5.74, 6) is 0.981. The molecule has 1 aliphatic rings. The summed E-state index contributed by atoms with van der Waals surface area (Å²) >= 11 is 6.07. The first-order chi connectivity index (χ1) is 14.9. The fourth-order valence-electron chi connectivity index (χ4n) is 3.52. The van der Waals surface area contributed by atoms with Gasteiger partial charge in [0.2, 0.25) is 21.8 Å². The minimum atomic E-state index is -3.70. The number of hydrogen-bond donors (Lipinski definition) is 0. The number of hydrogen-bond acceptors (Lipinski definition) is 5. The molecule has 2 aromatic carbocycles. The molecule has 0 N–H and O–H groups in total. The molecule has 1 amide bonds. The first-order valence-electron chi connectivity index (χ1n) is 9.90. The van der Waals surface area contributed by atoms with Gasteiger partial charge in [-0.15, -0.1) is 0 Å². The van der Waals surface area contributed by atoms with Crippen molar-refractivity contribution in [1.82, 2.24) is 14.2 Å². The summed E-state index contributed by atoms with van der Waals surface area (Å²) in [6, 6.07) is 15.9. The van der Waals surface area contributed by atoms with Crippen LogP contribution >= 0.6 is 11.6 Å². The zero-order valence-electron chi connectivity index (χ0n) is 17.0. The summed E-state index contributed by atoms with van der Waals surface area (Å²) in [6.45, 7) is 2.84. The van der Waals surface area contributed by atoms with Crippen LogP contribution in [0.5, 0.6) is 0 Å². The Morgan fingerprint density at radius 1 is 1.03 bits per heavy atom. The van der Waals surface area contributed by atoms with Gasteiger partial charge in [-0.1, -0.05) is 41.9 Å². The first kappa shape index (κ1) is 21.5. The normalized spacial score (nSPS) is 15.2. The Morgan fingerprint density at radius 3 is 2.35 bits per heavy atom. The highest BCUT2D eigenvalue weighted by Gasteiger charge is 2.31. The SMILES string of the molecule is Cc1oc(-c2ccccc2)nc1CC(=O)N1CCN(S(=O)(=O)c2ccccc2Cl)CC1. The number of aryl methyl sites for hydroxylation is 1. The van der Waals surface area contributed by atoms with E-state index in [1.807, 2.05) is 30.3 Å². The van der Waals surface area contributed by atoms with Crippen LogP contribution < -0.4 is 0 Å². The van der Waals surface area contributed by atoms with Crippen LogP contribution in [0.2, 0.25) is 5.02 Å². The maximum atomic E-state index is 12.9. The van der Waals surface area contributed by atoms with Crippen molar-refractivity contribution in [2.75, 3.05) is 26.2 Å². The summed E-state index contributed by atoms with van der Waals surface area (Å²) < 4.78 is 32.8. The Kier molecular flexibility index (Phi) is 6.13. The molecule has 4 rings (SSSR count). The Bertz CT molecular complexity index is 1190. The molecule has 0 atom stereocenters. The molecule has 162 valence electrons. The van der Waals surface area contributed by atoms with Crippen molar-refractivity contribution in [2.24, 2.45) is 0 Å². The van der Waals surface area contributed by atoms with Crippen LogP contribution in [0, 0.1) is 6.92 Å². The zero-order chi connectivity index (χ0) is 22.0. The van der Waals surface area contributed by atoms with Crippen LogP contribution in [0.3, 0.4) is 0 Å². The molecule has 1 aliphatic heterocycles. The van der Waals surface area contributed by atoms with Gasteiger partial charge in [0.05, 0.1) is 17.1 Å². The Hall–Kier alpha value is -2.68. The third kappa shape index (κ3) is 4.51. The average Bonchev–Trinajstić information content (AvgIpc) is 3.15. The molecule has 7 nitrogen and oxygen atoms in total. The van der Waals surface area contributed by atoms with E-state index in [0.29, 0.717) is 30.4 Å². The highest BCUT2D eigenvalue weighted by molar-refractivity contribution is 7.89. The van der Waals surface area contributed by atoms with Crippen LogP contribution in [0.25, 0.3) is 11.5 Å². The summed E-state index contributed by atoms with van der Waals surface area (Å²) in [7, 11) is -3.70. The number of carbonyl (C=O) groups excluding carboxylic acids is 1. The molecule has 0 aliphatic carbocycles. The zero-order valence-corrected chi connectivity index (χ0v) is 18.6. The van der Waals surface area contributed by atoms with Crippen molar-refractivity contribution in [1.29, 1.82) is 0 Å². The third-order valence-corrected chi connectivity index (χ3v) is 7.68. The van der Waals surface area contributed by atoms with Crippen molar-refractivity contribution < 1.29 is 17.6 Å². The lowest BCUT2D eigenvalue weighted by atomic mass is 10.2. The number of oxazole rings is 1. The molecule has 0 saturated carbocycles. The van der Waals surface area contributed by atoms with E-state index in [-0.39, 0.29) is 35.3 Å². The summed E-state index contributed by atoms with van der Waals surface area (Å²) in [5, 5.41) is 0.191. The van der Waals surface area contributed by atoms with Crippen molar-refractivity contribution in [3.63, 3.8) is 0 Å². The Morgan fingerprint density at radius 2 is 1.68 bits per heavy atom. The van der Waals surface area contributed by atoms with Gasteiger partial charge in [0, 0.05) is 31.7 Å². The third-order valence-electron chi connectivity index (χ3n) is 5.28. The van der Waals surface area contributed by atoms with Crippen molar-refractivity contribution >= 4 is 27.5 Å². The number of rotatable bonds is 5. The number of nitrogens with zero attached hydrogens (tertiary/aromatic N) is 3.